The zero-order valence-corrected chi connectivity index (χ0v) is 9.38. The van der Waals surface area contributed by atoms with Crippen LogP contribution in [0.1, 0.15) is 37.9 Å². The molecule has 1 aliphatic carbocycles. The number of aromatic nitrogens is 2. The van der Waals surface area contributed by atoms with Crippen LogP contribution in [0.25, 0.3) is 0 Å². The molecule has 1 aromatic rings. The molecule has 0 spiro atoms. The van der Waals surface area contributed by atoms with Crippen molar-refractivity contribution in [2.45, 2.75) is 39.2 Å². The summed E-state index contributed by atoms with van der Waals surface area (Å²) in [7, 11) is 0. The Labute approximate surface area is 89.2 Å². The van der Waals surface area contributed by atoms with Crippen LogP contribution >= 0.6 is 11.6 Å². The van der Waals surface area contributed by atoms with Gasteiger partial charge >= 0.3 is 0 Å². The largest absolute Gasteiger partial charge is 0.383 e. The number of anilines is 1. The summed E-state index contributed by atoms with van der Waals surface area (Å²) in [6, 6.07) is 0.455. The van der Waals surface area contributed by atoms with Crippen LogP contribution in [0.2, 0.25) is 5.02 Å². The molecule has 1 aliphatic rings. The van der Waals surface area contributed by atoms with E-state index >= 15 is 0 Å². The summed E-state index contributed by atoms with van der Waals surface area (Å²) in [5.41, 5.74) is 6.73. The third kappa shape index (κ3) is 1.50. The molecule has 2 atom stereocenters. The zero-order chi connectivity index (χ0) is 10.3. The van der Waals surface area contributed by atoms with Crippen molar-refractivity contribution in [3.63, 3.8) is 0 Å². The zero-order valence-electron chi connectivity index (χ0n) is 8.63. The van der Waals surface area contributed by atoms with Crippen molar-refractivity contribution in [3.05, 3.63) is 10.7 Å². The number of nitrogens with zero attached hydrogens (tertiary/aromatic N) is 2. The molecule has 78 valence electrons. The van der Waals surface area contributed by atoms with Gasteiger partial charge in [-0.2, -0.15) is 5.10 Å². The van der Waals surface area contributed by atoms with Crippen molar-refractivity contribution in [2.24, 2.45) is 5.92 Å². The van der Waals surface area contributed by atoms with Gasteiger partial charge < -0.3 is 5.73 Å². The molecule has 1 fully saturated rings. The maximum atomic E-state index is 6.00. The highest BCUT2D eigenvalue weighted by atomic mass is 35.5. The summed E-state index contributed by atoms with van der Waals surface area (Å²) in [5.74, 6) is 1.41. The van der Waals surface area contributed by atoms with Gasteiger partial charge in [0.1, 0.15) is 10.8 Å². The van der Waals surface area contributed by atoms with Crippen LogP contribution in [-0.4, -0.2) is 9.78 Å². The Morgan fingerprint density at radius 1 is 1.50 bits per heavy atom. The molecule has 0 saturated heterocycles. The molecule has 1 heterocycles. The molecule has 14 heavy (non-hydrogen) atoms. The van der Waals surface area contributed by atoms with E-state index in [1.54, 1.807) is 0 Å². The molecule has 3 nitrogen and oxygen atoms in total. The van der Waals surface area contributed by atoms with Crippen LogP contribution in [0.4, 0.5) is 5.82 Å². The lowest BCUT2D eigenvalue weighted by molar-refractivity contribution is 0.454. The first-order chi connectivity index (χ1) is 6.59. The predicted octanol–water partition coefficient (Wildman–Crippen LogP) is 2.79. The van der Waals surface area contributed by atoms with Crippen LogP contribution in [0.3, 0.4) is 0 Å². The number of rotatable bonds is 1. The Morgan fingerprint density at radius 3 is 2.64 bits per heavy atom. The normalized spacial score (nSPS) is 27.1. The van der Waals surface area contributed by atoms with Crippen molar-refractivity contribution in [1.82, 2.24) is 9.78 Å². The molecule has 2 N–H and O–H groups in total. The van der Waals surface area contributed by atoms with E-state index in [2.05, 4.69) is 12.0 Å². The van der Waals surface area contributed by atoms with Gasteiger partial charge in [0.15, 0.2) is 0 Å². The molecule has 2 rings (SSSR count). The van der Waals surface area contributed by atoms with Gasteiger partial charge in [-0.25, -0.2) is 4.68 Å². The van der Waals surface area contributed by atoms with Crippen LogP contribution in [0.5, 0.6) is 0 Å². The third-order valence-electron chi connectivity index (χ3n) is 3.06. The van der Waals surface area contributed by atoms with E-state index in [9.17, 15) is 0 Å². The van der Waals surface area contributed by atoms with E-state index in [-0.39, 0.29) is 0 Å². The van der Waals surface area contributed by atoms with Crippen LogP contribution in [0, 0.1) is 12.8 Å². The van der Waals surface area contributed by atoms with Gasteiger partial charge in [-0.15, -0.1) is 0 Å². The van der Waals surface area contributed by atoms with Crippen LogP contribution in [0.15, 0.2) is 0 Å². The Bertz CT molecular complexity index is 345. The first-order valence-electron chi connectivity index (χ1n) is 5.09. The van der Waals surface area contributed by atoms with Gasteiger partial charge in [0.2, 0.25) is 0 Å². The quantitative estimate of drug-likeness (QED) is 0.780. The Balaban J connectivity index is 2.28. The maximum Gasteiger partial charge on any atom is 0.141 e. The Hall–Kier alpha value is -0.700. The second-order valence-electron chi connectivity index (χ2n) is 4.30. The summed E-state index contributed by atoms with van der Waals surface area (Å²) in [4.78, 5) is 0. The smallest absolute Gasteiger partial charge is 0.141 e. The predicted molar refractivity (Wildman–Crippen MR) is 58.4 cm³/mol. The number of nitrogen functional groups attached to an aromatic ring is 1. The highest BCUT2D eigenvalue weighted by Gasteiger charge is 2.26. The number of hydrogen-bond acceptors (Lipinski definition) is 2. The van der Waals surface area contributed by atoms with Gasteiger partial charge in [-0.1, -0.05) is 18.5 Å². The minimum atomic E-state index is 0.455. The van der Waals surface area contributed by atoms with E-state index in [1.165, 1.54) is 19.3 Å². The van der Waals surface area contributed by atoms with Crippen molar-refractivity contribution in [2.75, 3.05) is 5.73 Å². The lowest BCUT2D eigenvalue weighted by Gasteiger charge is -2.11. The molecule has 2 unspecified atom stereocenters. The van der Waals surface area contributed by atoms with Crippen molar-refractivity contribution < 1.29 is 0 Å². The summed E-state index contributed by atoms with van der Waals surface area (Å²) in [6.07, 6.45) is 3.60. The lowest BCUT2D eigenvalue weighted by atomic mass is 10.1. The molecule has 0 amide bonds. The summed E-state index contributed by atoms with van der Waals surface area (Å²) in [5, 5.41) is 5.00. The summed E-state index contributed by atoms with van der Waals surface area (Å²) < 4.78 is 1.90. The van der Waals surface area contributed by atoms with E-state index in [0.29, 0.717) is 16.9 Å². The van der Waals surface area contributed by atoms with Gasteiger partial charge in [-0.05, 0) is 32.1 Å². The number of nitrogens with two attached hydrogens (primary N) is 1. The van der Waals surface area contributed by atoms with Crippen molar-refractivity contribution >= 4 is 17.4 Å². The maximum absolute atomic E-state index is 6.00. The Kier molecular flexibility index (Phi) is 2.43. The van der Waals surface area contributed by atoms with Gasteiger partial charge in [0.25, 0.3) is 0 Å². The molecule has 0 radical (unpaired) electrons. The number of hydrogen-bond donors (Lipinski definition) is 1. The van der Waals surface area contributed by atoms with E-state index in [1.807, 2.05) is 11.6 Å². The van der Waals surface area contributed by atoms with E-state index in [0.717, 1.165) is 11.6 Å². The summed E-state index contributed by atoms with van der Waals surface area (Å²) >= 11 is 6.00. The second kappa shape index (κ2) is 3.46. The lowest BCUT2D eigenvalue weighted by Crippen LogP contribution is -2.10. The fraction of sp³-hybridized carbons (Fsp3) is 0.700. The van der Waals surface area contributed by atoms with Crippen molar-refractivity contribution in [1.29, 1.82) is 0 Å². The third-order valence-corrected chi connectivity index (χ3v) is 3.53. The molecular formula is C10H16ClN3. The highest BCUT2D eigenvalue weighted by Crippen LogP contribution is 2.37. The van der Waals surface area contributed by atoms with Crippen LogP contribution in [-0.2, 0) is 0 Å². The molecule has 4 heteroatoms. The first-order valence-corrected chi connectivity index (χ1v) is 5.47. The van der Waals surface area contributed by atoms with Gasteiger partial charge in [0, 0.05) is 0 Å². The topological polar surface area (TPSA) is 43.8 Å². The second-order valence-corrected chi connectivity index (χ2v) is 4.68. The van der Waals surface area contributed by atoms with E-state index in [4.69, 9.17) is 17.3 Å². The first kappa shape index (κ1) is 9.84. The summed E-state index contributed by atoms with van der Waals surface area (Å²) in [6.45, 7) is 4.17. The molecule has 1 aromatic heterocycles. The molecule has 0 aromatic carbocycles. The molecule has 0 aliphatic heterocycles. The number of aryl methyl sites for hydroxylation is 1. The highest BCUT2D eigenvalue weighted by molar-refractivity contribution is 6.33. The number of halogens is 1. The fourth-order valence-corrected chi connectivity index (χ4v) is 2.35. The molecule has 0 bridgehead atoms. The minimum absolute atomic E-state index is 0.455. The minimum Gasteiger partial charge on any atom is -0.383 e. The van der Waals surface area contributed by atoms with E-state index < -0.39 is 0 Å². The Morgan fingerprint density at radius 2 is 2.21 bits per heavy atom. The average Bonchev–Trinajstić information content (AvgIpc) is 2.66. The SMILES string of the molecule is Cc1nn(C2CCC(C)C2)c(N)c1Cl. The van der Waals surface area contributed by atoms with Gasteiger partial charge in [0.05, 0.1) is 11.7 Å². The standard InChI is InChI=1S/C10H16ClN3/c1-6-3-4-8(5-6)14-10(12)9(11)7(2)13-14/h6,8H,3-5,12H2,1-2H3. The van der Waals surface area contributed by atoms with Crippen LogP contribution < -0.4 is 5.73 Å². The molecular weight excluding hydrogens is 198 g/mol. The monoisotopic (exact) mass is 213 g/mol. The fourth-order valence-electron chi connectivity index (χ4n) is 2.22. The van der Waals surface area contributed by atoms with Crippen molar-refractivity contribution in [3.8, 4) is 0 Å². The molecule has 1 saturated carbocycles. The van der Waals surface area contributed by atoms with Gasteiger partial charge in [-0.3, -0.25) is 0 Å². The average molecular weight is 214 g/mol.